The van der Waals surface area contributed by atoms with Gasteiger partial charge in [0, 0.05) is 23.1 Å². The topological polar surface area (TPSA) is 47.6 Å². The molecule has 0 fully saturated rings. The number of ether oxygens (including phenoxy) is 2. The first-order valence-electron chi connectivity index (χ1n) is 11.2. The van der Waals surface area contributed by atoms with E-state index >= 15 is 0 Å². The summed E-state index contributed by atoms with van der Waals surface area (Å²) in [6.45, 7) is 9.58. The molecule has 2 aromatic carbocycles. The van der Waals surface area contributed by atoms with Gasteiger partial charge in [0.05, 0.1) is 6.61 Å². The van der Waals surface area contributed by atoms with Crippen molar-refractivity contribution in [3.63, 3.8) is 0 Å². The summed E-state index contributed by atoms with van der Waals surface area (Å²) in [5, 5.41) is 5.14. The average Bonchev–Trinajstić information content (AvgIpc) is 2.74. The minimum atomic E-state index is -0.817. The first-order chi connectivity index (χ1) is 14.1. The highest BCUT2D eigenvalue weighted by Gasteiger charge is 2.33. The normalized spacial score (nSPS) is 13.2. The van der Waals surface area contributed by atoms with E-state index in [2.05, 4.69) is 26.1 Å². The SMILES string of the molecule is CCCCC[C@](C)(OCCC)C(=O)Nc1ccc(OCCCC)c2ccccc12. The lowest BCUT2D eigenvalue weighted by Crippen LogP contribution is -2.43. The van der Waals surface area contributed by atoms with Crippen LogP contribution in [0, 0.1) is 0 Å². The number of benzene rings is 2. The highest BCUT2D eigenvalue weighted by atomic mass is 16.5. The predicted molar refractivity (Wildman–Crippen MR) is 122 cm³/mol. The molecule has 0 aliphatic heterocycles. The van der Waals surface area contributed by atoms with Gasteiger partial charge in [-0.25, -0.2) is 0 Å². The second-order valence-corrected chi connectivity index (χ2v) is 7.85. The summed E-state index contributed by atoms with van der Waals surface area (Å²) in [5.41, 5.74) is -0.0157. The number of rotatable bonds is 13. The third kappa shape index (κ3) is 6.46. The highest BCUT2D eigenvalue weighted by Crippen LogP contribution is 2.33. The minimum Gasteiger partial charge on any atom is -0.493 e. The molecule has 0 saturated heterocycles. The van der Waals surface area contributed by atoms with Crippen molar-refractivity contribution < 1.29 is 14.3 Å². The molecule has 4 nitrogen and oxygen atoms in total. The van der Waals surface area contributed by atoms with E-state index in [-0.39, 0.29) is 5.91 Å². The van der Waals surface area contributed by atoms with E-state index in [4.69, 9.17) is 9.47 Å². The number of amides is 1. The van der Waals surface area contributed by atoms with Gasteiger partial charge in [-0.15, -0.1) is 0 Å². The Labute approximate surface area is 176 Å². The van der Waals surface area contributed by atoms with Gasteiger partial charge in [0.25, 0.3) is 5.91 Å². The Balaban J connectivity index is 2.24. The first kappa shape index (κ1) is 23.2. The highest BCUT2D eigenvalue weighted by molar-refractivity contribution is 6.06. The maximum atomic E-state index is 13.2. The Morgan fingerprint density at radius 2 is 1.62 bits per heavy atom. The molecule has 0 aromatic heterocycles. The van der Waals surface area contributed by atoms with Crippen LogP contribution >= 0.6 is 0 Å². The number of anilines is 1. The maximum absolute atomic E-state index is 13.2. The third-order valence-corrected chi connectivity index (χ3v) is 5.25. The van der Waals surface area contributed by atoms with Gasteiger partial charge in [-0.2, -0.15) is 0 Å². The fraction of sp³-hybridized carbons (Fsp3) is 0.560. The maximum Gasteiger partial charge on any atom is 0.256 e. The van der Waals surface area contributed by atoms with E-state index < -0.39 is 5.60 Å². The quantitative estimate of drug-likeness (QED) is 0.380. The summed E-state index contributed by atoms with van der Waals surface area (Å²) < 4.78 is 12.0. The number of carbonyl (C=O) groups excluding carboxylic acids is 1. The van der Waals surface area contributed by atoms with Crippen LogP contribution < -0.4 is 10.1 Å². The minimum absolute atomic E-state index is 0.0770. The van der Waals surface area contributed by atoms with Gasteiger partial charge in [-0.3, -0.25) is 4.79 Å². The number of hydrogen-bond acceptors (Lipinski definition) is 3. The number of fused-ring (bicyclic) bond motifs is 1. The second-order valence-electron chi connectivity index (χ2n) is 7.85. The Bertz CT molecular complexity index is 774. The van der Waals surface area contributed by atoms with Crippen molar-refractivity contribution >= 4 is 22.4 Å². The molecule has 0 saturated carbocycles. The summed E-state index contributed by atoms with van der Waals surface area (Å²) >= 11 is 0. The van der Waals surface area contributed by atoms with Crippen LogP contribution in [-0.2, 0) is 9.53 Å². The first-order valence-corrected chi connectivity index (χ1v) is 11.2. The Morgan fingerprint density at radius 1 is 0.897 bits per heavy atom. The smallest absolute Gasteiger partial charge is 0.256 e. The molecule has 0 aliphatic carbocycles. The third-order valence-electron chi connectivity index (χ3n) is 5.25. The molecule has 2 rings (SSSR count). The number of hydrogen-bond donors (Lipinski definition) is 1. The summed E-state index contributed by atoms with van der Waals surface area (Å²) in [4.78, 5) is 13.2. The van der Waals surface area contributed by atoms with Crippen molar-refractivity contribution in [1.29, 1.82) is 0 Å². The Morgan fingerprint density at radius 3 is 2.31 bits per heavy atom. The predicted octanol–water partition coefficient (Wildman–Crippen LogP) is 6.72. The van der Waals surface area contributed by atoms with E-state index in [1.165, 1.54) is 0 Å². The van der Waals surface area contributed by atoms with Gasteiger partial charge in [0.15, 0.2) is 0 Å². The molecule has 0 spiro atoms. The standard InChI is InChI=1S/C25H37NO3/c1-5-8-12-17-25(4,29-18-7-3)24(27)26-22-15-16-23(28-19-9-6-2)21-14-11-10-13-20(21)22/h10-11,13-16H,5-9,12,17-19H2,1-4H3,(H,26,27)/t25-/m0/s1. The van der Waals surface area contributed by atoms with Crippen LogP contribution in [0.1, 0.15) is 72.6 Å². The summed E-state index contributed by atoms with van der Waals surface area (Å²) in [7, 11) is 0. The zero-order valence-corrected chi connectivity index (χ0v) is 18.6. The van der Waals surface area contributed by atoms with Gasteiger partial charge in [0.1, 0.15) is 11.4 Å². The van der Waals surface area contributed by atoms with E-state index in [0.29, 0.717) is 13.2 Å². The summed E-state index contributed by atoms with van der Waals surface area (Å²) in [6.07, 6.45) is 6.94. The van der Waals surface area contributed by atoms with Gasteiger partial charge in [-0.1, -0.05) is 70.7 Å². The second kappa shape index (κ2) is 11.8. The molecular weight excluding hydrogens is 362 g/mol. The number of unbranched alkanes of at least 4 members (excludes halogenated alkanes) is 3. The van der Waals surface area contributed by atoms with E-state index in [1.54, 1.807) is 0 Å². The lowest BCUT2D eigenvalue weighted by molar-refractivity contribution is -0.140. The summed E-state index contributed by atoms with van der Waals surface area (Å²) in [5.74, 6) is 0.784. The van der Waals surface area contributed by atoms with Crippen molar-refractivity contribution in [1.82, 2.24) is 0 Å². The van der Waals surface area contributed by atoms with Crippen molar-refractivity contribution in [2.75, 3.05) is 18.5 Å². The van der Waals surface area contributed by atoms with Crippen molar-refractivity contribution in [2.45, 2.75) is 78.2 Å². The molecule has 1 N–H and O–H groups in total. The van der Waals surface area contributed by atoms with Crippen LogP contribution in [0.15, 0.2) is 36.4 Å². The fourth-order valence-electron chi connectivity index (χ4n) is 3.38. The molecule has 0 bridgehead atoms. The molecule has 0 radical (unpaired) electrons. The molecule has 0 aliphatic rings. The monoisotopic (exact) mass is 399 g/mol. The zero-order valence-electron chi connectivity index (χ0n) is 18.6. The average molecular weight is 400 g/mol. The van der Waals surface area contributed by atoms with Crippen molar-refractivity contribution in [3.05, 3.63) is 36.4 Å². The molecule has 2 aromatic rings. The molecule has 1 atom stereocenters. The van der Waals surface area contributed by atoms with Crippen LogP contribution in [0.2, 0.25) is 0 Å². The van der Waals surface area contributed by atoms with E-state index in [0.717, 1.165) is 67.2 Å². The van der Waals surface area contributed by atoms with Crippen LogP contribution in [-0.4, -0.2) is 24.7 Å². The van der Waals surface area contributed by atoms with Crippen molar-refractivity contribution in [2.24, 2.45) is 0 Å². The fourth-order valence-corrected chi connectivity index (χ4v) is 3.38. The molecule has 0 unspecified atom stereocenters. The Hall–Kier alpha value is -2.07. The van der Waals surface area contributed by atoms with E-state index in [9.17, 15) is 4.79 Å². The number of carbonyl (C=O) groups is 1. The molecule has 4 heteroatoms. The molecule has 29 heavy (non-hydrogen) atoms. The number of nitrogens with one attached hydrogen (secondary N) is 1. The molecule has 1 amide bonds. The Kier molecular flexibility index (Phi) is 9.46. The van der Waals surface area contributed by atoms with Crippen LogP contribution in [0.3, 0.4) is 0 Å². The largest absolute Gasteiger partial charge is 0.493 e. The summed E-state index contributed by atoms with van der Waals surface area (Å²) in [6, 6.07) is 11.9. The van der Waals surface area contributed by atoms with Gasteiger partial charge < -0.3 is 14.8 Å². The molecule has 160 valence electrons. The lowest BCUT2D eigenvalue weighted by atomic mass is 9.96. The van der Waals surface area contributed by atoms with Crippen LogP contribution in [0.4, 0.5) is 5.69 Å². The lowest BCUT2D eigenvalue weighted by Gasteiger charge is -2.29. The van der Waals surface area contributed by atoms with Crippen LogP contribution in [0.5, 0.6) is 5.75 Å². The molecule has 0 heterocycles. The van der Waals surface area contributed by atoms with Crippen molar-refractivity contribution in [3.8, 4) is 5.75 Å². The zero-order chi connectivity index (χ0) is 21.1. The van der Waals surface area contributed by atoms with Crippen LogP contribution in [0.25, 0.3) is 10.8 Å². The van der Waals surface area contributed by atoms with E-state index in [1.807, 2.05) is 43.3 Å². The van der Waals surface area contributed by atoms with Gasteiger partial charge >= 0.3 is 0 Å². The molecular formula is C25H37NO3. The van der Waals surface area contributed by atoms with Gasteiger partial charge in [-0.05, 0) is 38.3 Å². The van der Waals surface area contributed by atoms with Gasteiger partial charge in [0.2, 0.25) is 0 Å².